The molecule has 13 heteroatoms. The van der Waals surface area contributed by atoms with Crippen molar-refractivity contribution in [3.63, 3.8) is 0 Å². The van der Waals surface area contributed by atoms with Crippen molar-refractivity contribution in [2.24, 2.45) is 20.5 Å². The number of azo groups is 2. The highest BCUT2D eigenvalue weighted by molar-refractivity contribution is 5.66. The minimum atomic E-state index is -0.396. The number of rotatable bonds is 6. The molecule has 0 atom stereocenters. The van der Waals surface area contributed by atoms with Crippen LogP contribution in [0.25, 0.3) is 11.9 Å². The summed E-state index contributed by atoms with van der Waals surface area (Å²) in [5.41, 5.74) is 15.9. The van der Waals surface area contributed by atoms with Crippen LogP contribution in [-0.4, -0.2) is 34.5 Å². The standard InChI is InChI=1S/C29H33N13/c1-28(2,3)22-20(37-35-18-13-9-7-10-14-18)24(30)41(39-22)26-32-17-33-27(34-26)42-25(31)21(23(40-42)29(4,5)6)38-36-19-15-11-8-12-16-19/h7-17H,30-31H2,1-6H3/b37-35+,38-36+. The van der Waals surface area contributed by atoms with Crippen LogP contribution in [0, 0.1) is 0 Å². The van der Waals surface area contributed by atoms with Gasteiger partial charge in [0.15, 0.2) is 23.0 Å². The summed E-state index contributed by atoms with van der Waals surface area (Å²) in [6.07, 6.45) is 1.35. The molecule has 0 aliphatic carbocycles. The Hall–Kier alpha value is -5.33. The summed E-state index contributed by atoms with van der Waals surface area (Å²) in [6.45, 7) is 12.1. The Balaban J connectivity index is 1.59. The Labute approximate surface area is 243 Å². The highest BCUT2D eigenvalue weighted by Crippen LogP contribution is 2.39. The highest BCUT2D eigenvalue weighted by Gasteiger charge is 2.30. The number of nitrogens with two attached hydrogens (primary N) is 2. The van der Waals surface area contributed by atoms with Crippen molar-refractivity contribution in [1.29, 1.82) is 0 Å². The van der Waals surface area contributed by atoms with Crippen molar-refractivity contribution in [3.05, 3.63) is 78.4 Å². The first-order valence-corrected chi connectivity index (χ1v) is 13.3. The van der Waals surface area contributed by atoms with Gasteiger partial charge in [0.05, 0.1) is 22.8 Å². The van der Waals surface area contributed by atoms with Gasteiger partial charge in [0.25, 0.3) is 11.9 Å². The summed E-state index contributed by atoms with van der Waals surface area (Å²) in [6, 6.07) is 18.8. The van der Waals surface area contributed by atoms with Crippen molar-refractivity contribution < 1.29 is 0 Å². The zero-order valence-corrected chi connectivity index (χ0v) is 24.4. The molecule has 2 aromatic carbocycles. The van der Waals surface area contributed by atoms with Crippen LogP contribution in [0.3, 0.4) is 0 Å². The summed E-state index contributed by atoms with van der Waals surface area (Å²) < 4.78 is 2.84. The van der Waals surface area contributed by atoms with Crippen molar-refractivity contribution >= 4 is 34.4 Å². The Bertz CT molecular complexity index is 1630. The summed E-state index contributed by atoms with van der Waals surface area (Å²) in [5.74, 6) is 0.809. The molecular formula is C29H33N13. The first-order valence-electron chi connectivity index (χ1n) is 13.3. The van der Waals surface area contributed by atoms with Crippen molar-refractivity contribution in [1.82, 2.24) is 34.5 Å². The van der Waals surface area contributed by atoms with Gasteiger partial charge in [-0.25, -0.2) is 0 Å². The van der Waals surface area contributed by atoms with Gasteiger partial charge in [-0.15, -0.1) is 10.2 Å². The zero-order valence-electron chi connectivity index (χ0n) is 24.4. The van der Waals surface area contributed by atoms with Gasteiger partial charge in [-0.2, -0.15) is 44.7 Å². The molecule has 0 saturated heterocycles. The second kappa shape index (κ2) is 10.9. The summed E-state index contributed by atoms with van der Waals surface area (Å²) in [4.78, 5) is 13.3. The predicted molar refractivity (Wildman–Crippen MR) is 162 cm³/mol. The van der Waals surface area contributed by atoms with Crippen LogP contribution in [0.1, 0.15) is 52.9 Å². The molecule has 214 valence electrons. The van der Waals surface area contributed by atoms with E-state index in [1.165, 1.54) is 15.7 Å². The number of hydrogen-bond acceptors (Lipinski definition) is 11. The molecule has 13 nitrogen and oxygen atoms in total. The predicted octanol–water partition coefficient (Wildman–Crippen LogP) is 6.83. The average molecular weight is 564 g/mol. The van der Waals surface area contributed by atoms with E-state index in [1.54, 1.807) is 0 Å². The first kappa shape index (κ1) is 28.2. The molecule has 0 aliphatic rings. The van der Waals surface area contributed by atoms with Crippen molar-refractivity contribution in [2.75, 3.05) is 11.5 Å². The highest BCUT2D eigenvalue weighted by atomic mass is 15.4. The van der Waals surface area contributed by atoms with Crippen LogP contribution in [0.15, 0.2) is 87.4 Å². The van der Waals surface area contributed by atoms with Crippen LogP contribution in [0.5, 0.6) is 0 Å². The van der Waals surface area contributed by atoms with E-state index in [-0.39, 0.29) is 23.5 Å². The molecular weight excluding hydrogens is 530 g/mol. The molecule has 0 aliphatic heterocycles. The molecule has 0 spiro atoms. The largest absolute Gasteiger partial charge is 0.382 e. The minimum absolute atomic E-state index is 0.170. The number of anilines is 2. The van der Waals surface area contributed by atoms with Crippen LogP contribution in [0.2, 0.25) is 0 Å². The van der Waals surface area contributed by atoms with E-state index >= 15 is 0 Å². The maximum Gasteiger partial charge on any atom is 0.257 e. The van der Waals surface area contributed by atoms with E-state index in [9.17, 15) is 0 Å². The Morgan fingerprint density at radius 1 is 0.571 bits per heavy atom. The van der Waals surface area contributed by atoms with E-state index in [0.29, 0.717) is 34.1 Å². The van der Waals surface area contributed by atoms with Crippen LogP contribution >= 0.6 is 0 Å². The van der Waals surface area contributed by atoms with Crippen molar-refractivity contribution in [2.45, 2.75) is 52.4 Å². The molecule has 3 heterocycles. The van der Waals surface area contributed by atoms with Crippen molar-refractivity contribution in [3.8, 4) is 11.9 Å². The van der Waals surface area contributed by atoms with Crippen LogP contribution in [-0.2, 0) is 10.8 Å². The SMILES string of the molecule is CC(C)(C)c1nn(-c2ncnc(-n3nc(C(C)(C)C)c(/N=N/c4ccccc4)c3N)n2)c(N)c1/N=N/c1ccccc1. The van der Waals surface area contributed by atoms with E-state index in [2.05, 4.69) is 35.4 Å². The second-order valence-corrected chi connectivity index (χ2v) is 11.6. The fraction of sp³-hybridized carbons (Fsp3) is 0.276. The Morgan fingerprint density at radius 2 is 0.952 bits per heavy atom. The third kappa shape index (κ3) is 5.75. The van der Waals surface area contributed by atoms with E-state index < -0.39 is 10.8 Å². The maximum atomic E-state index is 6.57. The first-order chi connectivity index (χ1) is 19.9. The van der Waals surface area contributed by atoms with E-state index in [4.69, 9.17) is 21.7 Å². The molecule has 0 radical (unpaired) electrons. The maximum absolute atomic E-state index is 6.57. The minimum Gasteiger partial charge on any atom is -0.382 e. The van der Waals surface area contributed by atoms with Gasteiger partial charge in [-0.3, -0.25) is 0 Å². The fourth-order valence-electron chi connectivity index (χ4n) is 4.05. The molecule has 42 heavy (non-hydrogen) atoms. The van der Waals surface area contributed by atoms with Gasteiger partial charge >= 0.3 is 0 Å². The second-order valence-electron chi connectivity index (χ2n) is 11.6. The van der Waals surface area contributed by atoms with Gasteiger partial charge in [0.1, 0.15) is 6.33 Å². The zero-order chi connectivity index (χ0) is 30.1. The molecule has 5 aromatic rings. The number of nitrogens with zero attached hydrogens (tertiary/aromatic N) is 11. The Morgan fingerprint density at radius 3 is 1.31 bits per heavy atom. The average Bonchev–Trinajstić information content (AvgIpc) is 3.48. The third-order valence-electron chi connectivity index (χ3n) is 6.18. The smallest absolute Gasteiger partial charge is 0.257 e. The topological polar surface area (TPSA) is 176 Å². The lowest BCUT2D eigenvalue weighted by Gasteiger charge is -2.15. The molecule has 0 saturated carbocycles. The molecule has 3 aromatic heterocycles. The molecule has 0 fully saturated rings. The monoisotopic (exact) mass is 563 g/mol. The Kier molecular flexibility index (Phi) is 7.33. The molecule has 4 N–H and O–H groups in total. The van der Waals surface area contributed by atoms with Gasteiger partial charge < -0.3 is 11.5 Å². The van der Waals surface area contributed by atoms with E-state index in [1.807, 2.05) is 102 Å². The van der Waals surface area contributed by atoms with Gasteiger partial charge in [0.2, 0.25) is 0 Å². The van der Waals surface area contributed by atoms with Gasteiger partial charge in [-0.1, -0.05) is 77.9 Å². The molecule has 0 bridgehead atoms. The van der Waals surface area contributed by atoms with E-state index in [0.717, 1.165) is 0 Å². The summed E-state index contributed by atoms with van der Waals surface area (Å²) >= 11 is 0. The quantitative estimate of drug-likeness (QED) is 0.213. The van der Waals surface area contributed by atoms with Gasteiger partial charge in [-0.05, 0) is 24.3 Å². The lowest BCUT2D eigenvalue weighted by Crippen LogP contribution is -2.16. The number of nitrogen functional groups attached to an aromatic ring is 2. The fourth-order valence-corrected chi connectivity index (χ4v) is 4.05. The van der Waals surface area contributed by atoms with Gasteiger partial charge in [0, 0.05) is 10.8 Å². The molecule has 0 amide bonds. The third-order valence-corrected chi connectivity index (χ3v) is 6.18. The number of aromatic nitrogens is 7. The van der Waals surface area contributed by atoms with Crippen LogP contribution < -0.4 is 11.5 Å². The summed E-state index contributed by atoms with van der Waals surface area (Å²) in [5, 5.41) is 27.1. The molecule has 5 rings (SSSR count). The normalized spacial score (nSPS) is 12.5. The molecule has 0 unspecified atom stereocenters. The number of benzene rings is 2. The lowest BCUT2D eigenvalue weighted by molar-refractivity contribution is 0.556. The van der Waals surface area contributed by atoms with Crippen LogP contribution in [0.4, 0.5) is 34.4 Å². The lowest BCUT2D eigenvalue weighted by atomic mass is 9.91. The number of hydrogen-bond donors (Lipinski definition) is 2. The summed E-state index contributed by atoms with van der Waals surface area (Å²) in [7, 11) is 0.